The number of carboxylic acid groups (broad SMARTS) is 1. The van der Waals surface area contributed by atoms with E-state index in [0.717, 1.165) is 59.5 Å². The van der Waals surface area contributed by atoms with Crippen molar-refractivity contribution < 1.29 is 9.90 Å². The Morgan fingerprint density at radius 2 is 2.12 bits per heavy atom. The van der Waals surface area contributed by atoms with Gasteiger partial charge in [0.2, 0.25) is 0 Å². The molecule has 2 aromatic heterocycles. The van der Waals surface area contributed by atoms with Crippen LogP contribution < -0.4 is 5.32 Å². The van der Waals surface area contributed by atoms with Crippen LogP contribution in [0.3, 0.4) is 0 Å². The van der Waals surface area contributed by atoms with Gasteiger partial charge in [0, 0.05) is 17.1 Å². The van der Waals surface area contributed by atoms with Gasteiger partial charge in [-0.3, -0.25) is 0 Å². The SMILES string of the molecule is O=C(O)NC1(c2nc3cc(-c4nccs4)ccc3[nH]2)CCCCC1. The number of carbonyl (C=O) groups is 1. The maximum Gasteiger partial charge on any atom is 0.405 e. The molecule has 1 amide bonds. The third kappa shape index (κ3) is 2.65. The summed E-state index contributed by atoms with van der Waals surface area (Å²) in [5.74, 6) is 0.718. The number of thiazole rings is 1. The maximum absolute atomic E-state index is 11.3. The van der Waals surface area contributed by atoms with Gasteiger partial charge in [0.05, 0.1) is 11.0 Å². The zero-order chi connectivity index (χ0) is 16.6. The van der Waals surface area contributed by atoms with Crippen LogP contribution in [0.5, 0.6) is 0 Å². The van der Waals surface area contributed by atoms with Gasteiger partial charge in [0.25, 0.3) is 0 Å². The summed E-state index contributed by atoms with van der Waals surface area (Å²) in [5, 5.41) is 14.9. The molecule has 0 saturated heterocycles. The van der Waals surface area contributed by atoms with Gasteiger partial charge in [-0.25, -0.2) is 14.8 Å². The Morgan fingerprint density at radius 1 is 1.29 bits per heavy atom. The lowest BCUT2D eigenvalue weighted by Crippen LogP contribution is -2.47. The predicted octanol–water partition coefficient (Wildman–Crippen LogP) is 4.11. The second-order valence-corrected chi connectivity index (χ2v) is 7.12. The van der Waals surface area contributed by atoms with E-state index in [-0.39, 0.29) is 0 Å². The van der Waals surface area contributed by atoms with E-state index in [0.29, 0.717) is 0 Å². The van der Waals surface area contributed by atoms with Crippen LogP contribution in [0.1, 0.15) is 37.9 Å². The van der Waals surface area contributed by atoms with Crippen molar-refractivity contribution in [1.82, 2.24) is 20.3 Å². The van der Waals surface area contributed by atoms with Gasteiger partial charge in [0.15, 0.2) is 0 Å². The summed E-state index contributed by atoms with van der Waals surface area (Å²) in [6, 6.07) is 6.01. The van der Waals surface area contributed by atoms with Crippen molar-refractivity contribution >= 4 is 28.5 Å². The van der Waals surface area contributed by atoms with Crippen LogP contribution in [0.2, 0.25) is 0 Å². The molecule has 0 bridgehead atoms. The number of amides is 1. The van der Waals surface area contributed by atoms with E-state index < -0.39 is 11.6 Å². The number of rotatable bonds is 3. The minimum atomic E-state index is -0.999. The lowest BCUT2D eigenvalue weighted by atomic mass is 9.81. The summed E-state index contributed by atoms with van der Waals surface area (Å²) in [6.07, 6.45) is 5.48. The van der Waals surface area contributed by atoms with Crippen molar-refractivity contribution in [1.29, 1.82) is 0 Å². The Morgan fingerprint density at radius 3 is 2.83 bits per heavy atom. The van der Waals surface area contributed by atoms with Crippen molar-refractivity contribution in [2.75, 3.05) is 0 Å². The minimum absolute atomic E-state index is 0.607. The number of nitrogens with one attached hydrogen (secondary N) is 2. The fourth-order valence-corrected chi connectivity index (χ4v) is 4.15. The van der Waals surface area contributed by atoms with E-state index in [1.807, 2.05) is 23.6 Å². The number of nitrogens with zero attached hydrogens (tertiary/aromatic N) is 2. The molecular weight excluding hydrogens is 324 g/mol. The molecule has 2 heterocycles. The normalized spacial score (nSPS) is 17.0. The van der Waals surface area contributed by atoms with Gasteiger partial charge >= 0.3 is 6.09 Å². The first-order valence-electron chi connectivity index (χ1n) is 8.08. The molecule has 0 radical (unpaired) electrons. The van der Waals surface area contributed by atoms with Gasteiger partial charge < -0.3 is 15.4 Å². The first-order valence-corrected chi connectivity index (χ1v) is 8.95. The minimum Gasteiger partial charge on any atom is -0.465 e. The number of fused-ring (bicyclic) bond motifs is 1. The Labute approximate surface area is 143 Å². The third-order valence-corrected chi connectivity index (χ3v) is 5.49. The molecule has 6 nitrogen and oxygen atoms in total. The average molecular weight is 342 g/mol. The largest absolute Gasteiger partial charge is 0.465 e. The van der Waals surface area contributed by atoms with Gasteiger partial charge in [-0.05, 0) is 31.0 Å². The van der Waals surface area contributed by atoms with E-state index in [4.69, 9.17) is 4.98 Å². The zero-order valence-corrected chi connectivity index (χ0v) is 13.9. The van der Waals surface area contributed by atoms with Crippen LogP contribution in [-0.4, -0.2) is 26.2 Å². The number of imidazole rings is 1. The highest BCUT2D eigenvalue weighted by Gasteiger charge is 2.38. The van der Waals surface area contributed by atoms with E-state index in [9.17, 15) is 9.90 Å². The van der Waals surface area contributed by atoms with Gasteiger partial charge in [-0.15, -0.1) is 11.3 Å². The summed E-state index contributed by atoms with van der Waals surface area (Å²) >= 11 is 1.59. The molecule has 0 unspecified atom stereocenters. The molecule has 24 heavy (non-hydrogen) atoms. The van der Waals surface area contributed by atoms with Crippen LogP contribution in [0.15, 0.2) is 29.8 Å². The summed E-state index contributed by atoms with van der Waals surface area (Å²) in [7, 11) is 0. The van der Waals surface area contributed by atoms with Gasteiger partial charge in [0.1, 0.15) is 16.4 Å². The molecule has 3 N–H and O–H groups in total. The number of aromatic amines is 1. The van der Waals surface area contributed by atoms with Crippen LogP contribution in [0.25, 0.3) is 21.6 Å². The summed E-state index contributed by atoms with van der Waals surface area (Å²) in [4.78, 5) is 23.7. The molecule has 1 aliphatic carbocycles. The fourth-order valence-electron chi connectivity index (χ4n) is 3.51. The molecule has 1 fully saturated rings. The maximum atomic E-state index is 11.3. The molecule has 7 heteroatoms. The summed E-state index contributed by atoms with van der Waals surface area (Å²) < 4.78 is 0. The molecule has 0 aliphatic heterocycles. The van der Waals surface area contributed by atoms with Crippen LogP contribution in [-0.2, 0) is 5.54 Å². The molecule has 0 spiro atoms. The smallest absolute Gasteiger partial charge is 0.405 e. The van der Waals surface area contributed by atoms with Crippen molar-refractivity contribution in [2.45, 2.75) is 37.6 Å². The average Bonchev–Trinajstić information content (AvgIpc) is 3.24. The highest BCUT2D eigenvalue weighted by Crippen LogP contribution is 2.37. The van der Waals surface area contributed by atoms with Crippen LogP contribution >= 0.6 is 11.3 Å². The molecule has 0 atom stereocenters. The van der Waals surface area contributed by atoms with Gasteiger partial charge in [-0.2, -0.15) is 0 Å². The Bertz CT molecular complexity index is 866. The van der Waals surface area contributed by atoms with Crippen molar-refractivity contribution in [2.24, 2.45) is 0 Å². The van der Waals surface area contributed by atoms with E-state index >= 15 is 0 Å². The number of hydrogen-bond acceptors (Lipinski definition) is 4. The molecule has 124 valence electrons. The monoisotopic (exact) mass is 342 g/mol. The summed E-state index contributed by atoms with van der Waals surface area (Å²) in [6.45, 7) is 0. The quantitative estimate of drug-likeness (QED) is 0.668. The number of benzene rings is 1. The lowest BCUT2D eigenvalue weighted by Gasteiger charge is -2.35. The molecule has 3 aromatic rings. The molecule has 1 saturated carbocycles. The molecule has 1 aliphatic rings. The molecule has 1 aromatic carbocycles. The zero-order valence-electron chi connectivity index (χ0n) is 13.1. The third-order valence-electron chi connectivity index (χ3n) is 4.67. The fraction of sp³-hybridized carbons (Fsp3) is 0.353. The molecule has 4 rings (SSSR count). The van der Waals surface area contributed by atoms with Crippen molar-refractivity contribution in [3.05, 3.63) is 35.6 Å². The van der Waals surface area contributed by atoms with E-state index in [1.165, 1.54) is 0 Å². The van der Waals surface area contributed by atoms with Crippen molar-refractivity contribution in [3.63, 3.8) is 0 Å². The van der Waals surface area contributed by atoms with Crippen LogP contribution in [0.4, 0.5) is 4.79 Å². The second-order valence-electron chi connectivity index (χ2n) is 6.23. The van der Waals surface area contributed by atoms with E-state index in [1.54, 1.807) is 17.5 Å². The topological polar surface area (TPSA) is 90.9 Å². The highest BCUT2D eigenvalue weighted by atomic mass is 32.1. The number of H-pyrrole nitrogens is 1. The highest BCUT2D eigenvalue weighted by molar-refractivity contribution is 7.13. The van der Waals surface area contributed by atoms with E-state index in [2.05, 4.69) is 15.3 Å². The first-order chi connectivity index (χ1) is 11.7. The predicted molar refractivity (Wildman–Crippen MR) is 93.1 cm³/mol. The second kappa shape index (κ2) is 5.90. The lowest BCUT2D eigenvalue weighted by molar-refractivity contribution is 0.159. The van der Waals surface area contributed by atoms with Crippen LogP contribution in [0, 0.1) is 0 Å². The number of aromatic nitrogens is 3. The standard InChI is InChI=1S/C17H18N4O2S/c22-16(23)21-17(6-2-1-3-7-17)15-19-12-5-4-11(10-13(12)20-15)14-18-8-9-24-14/h4-5,8-10,21H,1-3,6-7H2,(H,19,20)(H,22,23). The van der Waals surface area contributed by atoms with Gasteiger partial charge in [-0.1, -0.05) is 19.3 Å². The molecular formula is C17H18N4O2S. The van der Waals surface area contributed by atoms with Crippen molar-refractivity contribution in [3.8, 4) is 10.6 Å². The Balaban J connectivity index is 1.76. The number of hydrogen-bond donors (Lipinski definition) is 3. The summed E-state index contributed by atoms with van der Waals surface area (Å²) in [5.41, 5.74) is 2.18. The Kier molecular flexibility index (Phi) is 3.72. The first kappa shape index (κ1) is 15.1. The Hall–Kier alpha value is -2.41.